The third-order valence-corrected chi connectivity index (χ3v) is 6.88. The molecule has 3 N–H and O–H groups in total. The van der Waals surface area contributed by atoms with Crippen molar-refractivity contribution in [2.24, 2.45) is 17.3 Å². The fourth-order valence-electron chi connectivity index (χ4n) is 4.53. The molecule has 2 rings (SSSR count). The molecule has 0 aromatic carbocycles. The Labute approximate surface area is 175 Å². The van der Waals surface area contributed by atoms with Crippen molar-refractivity contribution in [1.29, 1.82) is 0 Å². The molecule has 29 heavy (non-hydrogen) atoms. The van der Waals surface area contributed by atoms with Gasteiger partial charge in [0.15, 0.2) is 5.76 Å². The predicted octanol–water partition coefficient (Wildman–Crippen LogP) is 5.19. The molecule has 0 aromatic heterocycles. The highest BCUT2D eigenvalue weighted by Crippen LogP contribution is 2.50. The Bertz CT molecular complexity index is 740. The van der Waals surface area contributed by atoms with Crippen LogP contribution in [0.15, 0.2) is 46.3 Å². The number of fused-ring (bicyclic) bond motifs is 1. The number of Topliss-reactive ketones (excluding diaryl/α,β-unsaturated/α-hetero) is 1. The molecule has 0 bridgehead atoms. The largest absolute Gasteiger partial charge is 0.504 e. The highest BCUT2D eigenvalue weighted by molar-refractivity contribution is 6.02. The zero-order chi connectivity index (χ0) is 21.8. The second kappa shape index (κ2) is 9.90. The van der Waals surface area contributed by atoms with Crippen LogP contribution in [0.1, 0.15) is 73.1 Å². The van der Waals surface area contributed by atoms with Gasteiger partial charge in [0.1, 0.15) is 0 Å². The number of rotatable bonds is 2. The molecule has 0 saturated carbocycles. The smallest absolute Gasteiger partial charge is 0.203 e. The number of hydrogen-bond donors (Lipinski definition) is 3. The summed E-state index contributed by atoms with van der Waals surface area (Å²) in [6.45, 7) is 9.81. The molecule has 0 fully saturated rings. The summed E-state index contributed by atoms with van der Waals surface area (Å²) in [4.78, 5) is 13.1. The summed E-state index contributed by atoms with van der Waals surface area (Å²) in [7, 11) is 0. The third-order valence-electron chi connectivity index (χ3n) is 6.88. The summed E-state index contributed by atoms with van der Waals surface area (Å²) in [6, 6.07) is 0. The summed E-state index contributed by atoms with van der Waals surface area (Å²) in [5.41, 5.74) is 3.36. The summed E-state index contributed by atoms with van der Waals surface area (Å²) in [6.07, 6.45) is 10.4. The van der Waals surface area contributed by atoms with Crippen molar-refractivity contribution in [3.05, 3.63) is 46.3 Å². The maximum absolute atomic E-state index is 13.1. The zero-order valence-corrected chi connectivity index (χ0v) is 18.7. The first-order valence-electron chi connectivity index (χ1n) is 10.9. The minimum atomic E-state index is -0.738. The van der Waals surface area contributed by atoms with Gasteiger partial charge in [0.05, 0.1) is 6.10 Å². The van der Waals surface area contributed by atoms with Gasteiger partial charge in [0, 0.05) is 23.9 Å². The molecule has 0 heterocycles. The number of aliphatic hydroxyl groups excluding tert-OH is 3. The average Bonchev–Trinajstić information content (AvgIpc) is 2.88. The van der Waals surface area contributed by atoms with Gasteiger partial charge in [-0.2, -0.15) is 0 Å². The minimum Gasteiger partial charge on any atom is -0.504 e. The maximum atomic E-state index is 13.1. The minimum absolute atomic E-state index is 0.107. The molecule has 2 aliphatic carbocycles. The molecule has 4 nitrogen and oxygen atoms in total. The summed E-state index contributed by atoms with van der Waals surface area (Å²) in [5, 5.41) is 30.9. The first-order chi connectivity index (χ1) is 13.6. The van der Waals surface area contributed by atoms with Gasteiger partial charge >= 0.3 is 0 Å². The lowest BCUT2D eigenvalue weighted by Gasteiger charge is -2.32. The van der Waals surface area contributed by atoms with E-state index in [2.05, 4.69) is 26.0 Å². The maximum Gasteiger partial charge on any atom is 0.203 e. The Kier molecular flexibility index (Phi) is 8.07. The van der Waals surface area contributed by atoms with Crippen LogP contribution in [-0.4, -0.2) is 33.8 Å². The van der Waals surface area contributed by atoms with Gasteiger partial charge in [0.25, 0.3) is 0 Å². The molecule has 0 aromatic rings. The SMILES string of the molecule is C/C1=C/C[C@@H]2C([C@H](C)CO)=C(O)C(=O)[C@@]2(C)C/C=C(\C)CC/C=C(\C)CC[C@@H]1O. The highest BCUT2D eigenvalue weighted by atomic mass is 16.3. The van der Waals surface area contributed by atoms with Crippen molar-refractivity contribution >= 4 is 5.78 Å². The van der Waals surface area contributed by atoms with Crippen LogP contribution >= 0.6 is 0 Å². The van der Waals surface area contributed by atoms with E-state index in [1.807, 2.05) is 26.8 Å². The van der Waals surface area contributed by atoms with E-state index in [0.29, 0.717) is 24.8 Å². The quantitative estimate of drug-likeness (QED) is 0.556. The van der Waals surface area contributed by atoms with Crippen LogP contribution in [0.3, 0.4) is 0 Å². The molecule has 0 unspecified atom stereocenters. The topological polar surface area (TPSA) is 77.8 Å². The van der Waals surface area contributed by atoms with Gasteiger partial charge < -0.3 is 15.3 Å². The van der Waals surface area contributed by atoms with Crippen molar-refractivity contribution in [3.63, 3.8) is 0 Å². The van der Waals surface area contributed by atoms with E-state index >= 15 is 0 Å². The number of carbonyl (C=O) groups is 1. The first-order valence-corrected chi connectivity index (χ1v) is 10.9. The number of hydrogen-bond acceptors (Lipinski definition) is 4. The lowest BCUT2D eigenvalue weighted by molar-refractivity contribution is -0.126. The van der Waals surface area contributed by atoms with Crippen LogP contribution in [0, 0.1) is 17.3 Å². The van der Waals surface area contributed by atoms with Gasteiger partial charge in [-0.25, -0.2) is 0 Å². The number of carbonyl (C=O) groups excluding carboxylic acids is 1. The van der Waals surface area contributed by atoms with Gasteiger partial charge in [-0.15, -0.1) is 0 Å². The van der Waals surface area contributed by atoms with E-state index in [-0.39, 0.29) is 30.0 Å². The number of aliphatic hydroxyl groups is 3. The molecule has 4 atom stereocenters. The van der Waals surface area contributed by atoms with E-state index in [1.165, 1.54) is 11.1 Å². The summed E-state index contributed by atoms with van der Waals surface area (Å²) >= 11 is 0. The standard InChI is InChI=1S/C25H38O4/c1-16-7-6-8-17(2)13-14-25(5)20(11-10-18(3)21(27)12-9-16)22(19(4)15-26)23(28)24(25)29/h7,10,13,19-21,26-28H,6,8-9,11-12,14-15H2,1-5H3/b16-7+,17-13+,18-10-/t19-,20-,21+,25+/m1/s1. The molecule has 2 aliphatic rings. The highest BCUT2D eigenvalue weighted by Gasteiger charge is 2.51. The fourth-order valence-corrected chi connectivity index (χ4v) is 4.53. The van der Waals surface area contributed by atoms with Crippen molar-refractivity contribution in [1.82, 2.24) is 0 Å². The average molecular weight is 403 g/mol. The monoisotopic (exact) mass is 402 g/mol. The van der Waals surface area contributed by atoms with Gasteiger partial charge in [0.2, 0.25) is 5.78 Å². The van der Waals surface area contributed by atoms with Crippen LogP contribution in [0.2, 0.25) is 0 Å². The second-order valence-corrected chi connectivity index (χ2v) is 9.27. The summed E-state index contributed by atoms with van der Waals surface area (Å²) < 4.78 is 0. The Morgan fingerprint density at radius 1 is 1.14 bits per heavy atom. The van der Waals surface area contributed by atoms with Gasteiger partial charge in [-0.1, -0.05) is 43.2 Å². The zero-order valence-electron chi connectivity index (χ0n) is 18.7. The van der Waals surface area contributed by atoms with Crippen LogP contribution in [0.4, 0.5) is 0 Å². The van der Waals surface area contributed by atoms with E-state index in [9.17, 15) is 20.1 Å². The van der Waals surface area contributed by atoms with Crippen molar-refractivity contribution in [3.8, 4) is 0 Å². The molecular formula is C25H38O4. The first kappa shape index (κ1) is 23.6. The molecule has 0 spiro atoms. The Morgan fingerprint density at radius 3 is 2.45 bits per heavy atom. The Balaban J connectivity index is 2.46. The summed E-state index contributed by atoms with van der Waals surface area (Å²) in [5.74, 6) is -0.860. The van der Waals surface area contributed by atoms with E-state index in [1.54, 1.807) is 0 Å². The lowest BCUT2D eigenvalue weighted by Crippen LogP contribution is -2.32. The van der Waals surface area contributed by atoms with Crippen molar-refractivity contribution < 1.29 is 20.1 Å². The Hall–Kier alpha value is -1.65. The van der Waals surface area contributed by atoms with Crippen molar-refractivity contribution in [2.75, 3.05) is 6.61 Å². The normalized spacial score (nSPS) is 36.7. The van der Waals surface area contributed by atoms with E-state index in [4.69, 9.17) is 0 Å². The van der Waals surface area contributed by atoms with Gasteiger partial charge in [-0.05, 0) is 70.4 Å². The predicted molar refractivity (Wildman–Crippen MR) is 117 cm³/mol. The van der Waals surface area contributed by atoms with Crippen LogP contribution in [0.5, 0.6) is 0 Å². The third kappa shape index (κ3) is 5.29. The molecule has 0 aliphatic heterocycles. The van der Waals surface area contributed by atoms with Crippen LogP contribution < -0.4 is 0 Å². The number of allylic oxidation sites excluding steroid dienone is 6. The van der Waals surface area contributed by atoms with Crippen molar-refractivity contribution in [2.45, 2.75) is 79.2 Å². The molecule has 0 radical (unpaired) electrons. The Morgan fingerprint density at radius 2 is 1.79 bits per heavy atom. The lowest BCUT2D eigenvalue weighted by atomic mass is 9.70. The van der Waals surface area contributed by atoms with Crippen LogP contribution in [0.25, 0.3) is 0 Å². The molecule has 0 saturated heterocycles. The second-order valence-electron chi connectivity index (χ2n) is 9.27. The molecule has 0 amide bonds. The van der Waals surface area contributed by atoms with E-state index in [0.717, 1.165) is 24.8 Å². The van der Waals surface area contributed by atoms with E-state index < -0.39 is 11.5 Å². The molecule has 162 valence electrons. The number of ketones is 1. The molecule has 4 heteroatoms. The van der Waals surface area contributed by atoms with Crippen LogP contribution in [-0.2, 0) is 4.79 Å². The molecular weight excluding hydrogens is 364 g/mol. The fraction of sp³-hybridized carbons (Fsp3) is 0.640. The van der Waals surface area contributed by atoms with Gasteiger partial charge in [-0.3, -0.25) is 4.79 Å².